The first-order chi connectivity index (χ1) is 3.93. The molecule has 1 atom stereocenters. The van der Waals surface area contributed by atoms with E-state index in [1.54, 1.807) is 0 Å². The molecule has 0 aliphatic carbocycles. The summed E-state index contributed by atoms with van der Waals surface area (Å²) in [5.41, 5.74) is 0. The van der Waals surface area contributed by atoms with E-state index < -0.39 is 0 Å². The molecule has 0 aromatic heterocycles. The fraction of sp³-hybridized carbons (Fsp3) is 0.714. The van der Waals surface area contributed by atoms with Crippen LogP contribution in [0.1, 0.15) is 12.8 Å². The molecule has 1 heteroatoms. The van der Waals surface area contributed by atoms with Gasteiger partial charge in [-0.15, -0.1) is 6.58 Å². The van der Waals surface area contributed by atoms with Gasteiger partial charge in [0.25, 0.3) is 0 Å². The Morgan fingerprint density at radius 1 is 1.75 bits per heavy atom. The van der Waals surface area contributed by atoms with E-state index >= 15 is 0 Å². The lowest BCUT2D eigenvalue weighted by Gasteiger charge is -1.99. The van der Waals surface area contributed by atoms with E-state index in [9.17, 15) is 0 Å². The summed E-state index contributed by atoms with van der Waals surface area (Å²) in [4.78, 5) is 0. The summed E-state index contributed by atoms with van der Waals surface area (Å²) >= 11 is 0. The minimum Gasteiger partial charge on any atom is -0.241 e. The van der Waals surface area contributed by atoms with Crippen molar-refractivity contribution in [3.8, 4) is 0 Å². The van der Waals surface area contributed by atoms with Crippen LogP contribution in [-0.2, 0) is 0 Å². The quantitative estimate of drug-likeness (QED) is 0.474. The number of hydrogen-bond acceptors (Lipinski definition) is 0. The molecule has 1 radical (unpaired) electrons. The molecule has 0 aromatic rings. The number of rotatable bonds is 2. The van der Waals surface area contributed by atoms with Crippen LogP contribution in [0.25, 0.3) is 0 Å². The van der Waals surface area contributed by atoms with Crippen molar-refractivity contribution in [2.45, 2.75) is 12.8 Å². The highest BCUT2D eigenvalue weighted by Gasteiger charge is 2.12. The van der Waals surface area contributed by atoms with Gasteiger partial charge in [0.2, 0.25) is 0 Å². The van der Waals surface area contributed by atoms with Gasteiger partial charge in [-0.05, 0) is 18.8 Å². The number of nitrogens with zero attached hydrogens (tertiary/aromatic N) is 1. The Hall–Kier alpha value is -0.300. The van der Waals surface area contributed by atoms with Crippen LogP contribution in [0.15, 0.2) is 12.7 Å². The van der Waals surface area contributed by atoms with Gasteiger partial charge >= 0.3 is 0 Å². The fourth-order valence-electron chi connectivity index (χ4n) is 1.07. The first-order valence-electron chi connectivity index (χ1n) is 3.17. The second-order valence-corrected chi connectivity index (χ2v) is 2.31. The average molecular weight is 110 g/mol. The van der Waals surface area contributed by atoms with Crippen molar-refractivity contribution in [1.29, 1.82) is 0 Å². The van der Waals surface area contributed by atoms with Crippen molar-refractivity contribution >= 4 is 0 Å². The molecular weight excluding hydrogens is 98.1 g/mol. The lowest BCUT2D eigenvalue weighted by atomic mass is 10.1. The van der Waals surface area contributed by atoms with Crippen LogP contribution in [0.4, 0.5) is 0 Å². The lowest BCUT2D eigenvalue weighted by molar-refractivity contribution is 0.592. The van der Waals surface area contributed by atoms with Gasteiger partial charge in [0, 0.05) is 13.1 Å². The van der Waals surface area contributed by atoms with E-state index in [1.165, 1.54) is 6.42 Å². The van der Waals surface area contributed by atoms with Crippen LogP contribution in [0.3, 0.4) is 0 Å². The Kier molecular flexibility index (Phi) is 2.10. The van der Waals surface area contributed by atoms with Gasteiger partial charge in [0.1, 0.15) is 0 Å². The Morgan fingerprint density at radius 2 is 2.62 bits per heavy atom. The number of hydrogen-bond donors (Lipinski definition) is 0. The monoisotopic (exact) mass is 110 g/mol. The minimum absolute atomic E-state index is 0.826. The number of allylic oxidation sites excluding steroid dienone is 1. The summed E-state index contributed by atoms with van der Waals surface area (Å²) in [6, 6.07) is 0. The van der Waals surface area contributed by atoms with Crippen LogP contribution in [-0.4, -0.2) is 13.1 Å². The highest BCUT2D eigenvalue weighted by Crippen LogP contribution is 2.12. The maximum atomic E-state index is 4.24. The van der Waals surface area contributed by atoms with Crippen LogP contribution < -0.4 is 5.32 Å². The molecule has 1 nitrogen and oxygen atoms in total. The van der Waals surface area contributed by atoms with E-state index in [2.05, 4.69) is 11.9 Å². The summed E-state index contributed by atoms with van der Waals surface area (Å²) in [6.45, 7) is 5.84. The van der Waals surface area contributed by atoms with Crippen LogP contribution >= 0.6 is 0 Å². The van der Waals surface area contributed by atoms with Gasteiger partial charge < -0.3 is 0 Å². The molecule has 1 rings (SSSR count). The molecule has 45 valence electrons. The standard InChI is InChI=1S/C7H12N/c1-2-3-7-4-5-8-6-7/h2,7H,1,3-6H2. The Balaban J connectivity index is 2.14. The van der Waals surface area contributed by atoms with E-state index in [4.69, 9.17) is 0 Å². The van der Waals surface area contributed by atoms with Gasteiger partial charge in [-0.1, -0.05) is 6.08 Å². The van der Waals surface area contributed by atoms with Crippen molar-refractivity contribution in [1.82, 2.24) is 5.32 Å². The van der Waals surface area contributed by atoms with E-state index in [0.29, 0.717) is 0 Å². The summed E-state index contributed by atoms with van der Waals surface area (Å²) in [5, 5.41) is 4.24. The molecule has 1 fully saturated rings. The van der Waals surface area contributed by atoms with Crippen molar-refractivity contribution < 1.29 is 0 Å². The topological polar surface area (TPSA) is 14.1 Å². The molecule has 0 saturated carbocycles. The second kappa shape index (κ2) is 2.88. The summed E-state index contributed by atoms with van der Waals surface area (Å²) < 4.78 is 0. The van der Waals surface area contributed by atoms with Crippen molar-refractivity contribution in [2.75, 3.05) is 13.1 Å². The van der Waals surface area contributed by atoms with E-state index in [-0.39, 0.29) is 0 Å². The maximum absolute atomic E-state index is 4.24. The highest BCUT2D eigenvalue weighted by atomic mass is 14.9. The molecule has 1 aliphatic heterocycles. The van der Waals surface area contributed by atoms with Gasteiger partial charge in [0.15, 0.2) is 0 Å². The molecule has 0 bridgehead atoms. The lowest BCUT2D eigenvalue weighted by Crippen LogP contribution is -2.00. The molecule has 1 heterocycles. The minimum atomic E-state index is 0.826. The predicted octanol–water partition coefficient (Wildman–Crippen LogP) is 1.19. The summed E-state index contributed by atoms with van der Waals surface area (Å²) in [6.07, 6.45) is 4.43. The fourth-order valence-corrected chi connectivity index (χ4v) is 1.07. The zero-order chi connectivity index (χ0) is 5.82. The molecule has 1 aliphatic rings. The third-order valence-corrected chi connectivity index (χ3v) is 1.58. The van der Waals surface area contributed by atoms with E-state index in [1.807, 2.05) is 6.08 Å². The molecule has 0 N–H and O–H groups in total. The molecule has 0 aromatic carbocycles. The van der Waals surface area contributed by atoms with Gasteiger partial charge in [-0.2, -0.15) is 0 Å². The zero-order valence-corrected chi connectivity index (χ0v) is 5.14. The third kappa shape index (κ3) is 1.34. The van der Waals surface area contributed by atoms with Crippen LogP contribution in [0.5, 0.6) is 0 Å². The Morgan fingerprint density at radius 3 is 3.12 bits per heavy atom. The van der Waals surface area contributed by atoms with Gasteiger partial charge in [-0.3, -0.25) is 0 Å². The highest BCUT2D eigenvalue weighted by molar-refractivity contribution is 4.78. The van der Waals surface area contributed by atoms with Gasteiger partial charge in [0.05, 0.1) is 0 Å². The van der Waals surface area contributed by atoms with Crippen LogP contribution in [0.2, 0.25) is 0 Å². The van der Waals surface area contributed by atoms with Gasteiger partial charge in [-0.25, -0.2) is 5.32 Å². The molecule has 1 saturated heterocycles. The first kappa shape index (κ1) is 5.83. The average Bonchev–Trinajstić information content (AvgIpc) is 2.19. The van der Waals surface area contributed by atoms with Crippen molar-refractivity contribution in [3.63, 3.8) is 0 Å². The van der Waals surface area contributed by atoms with Crippen LogP contribution in [0, 0.1) is 5.92 Å². The van der Waals surface area contributed by atoms with E-state index in [0.717, 1.165) is 25.4 Å². The largest absolute Gasteiger partial charge is 0.241 e. The SMILES string of the molecule is C=CCC1CC[N]C1. The maximum Gasteiger partial charge on any atom is 0.0165 e. The van der Waals surface area contributed by atoms with Crippen molar-refractivity contribution in [2.24, 2.45) is 5.92 Å². The summed E-state index contributed by atoms with van der Waals surface area (Å²) in [5.74, 6) is 0.826. The predicted molar refractivity (Wildman–Crippen MR) is 34.8 cm³/mol. The Bertz CT molecular complexity index is 72.5. The second-order valence-electron chi connectivity index (χ2n) is 2.31. The molecule has 0 amide bonds. The molecule has 1 unspecified atom stereocenters. The summed E-state index contributed by atoms with van der Waals surface area (Å²) in [7, 11) is 0. The smallest absolute Gasteiger partial charge is 0.0165 e. The molecule has 8 heavy (non-hydrogen) atoms. The van der Waals surface area contributed by atoms with Crippen molar-refractivity contribution in [3.05, 3.63) is 12.7 Å². The normalized spacial score (nSPS) is 28.2. The first-order valence-corrected chi connectivity index (χ1v) is 3.17. The molecular formula is C7H12N. The zero-order valence-electron chi connectivity index (χ0n) is 5.14. The third-order valence-electron chi connectivity index (χ3n) is 1.58. The molecule has 0 spiro atoms. The Labute approximate surface area is 50.8 Å².